The van der Waals surface area contributed by atoms with Crippen LogP contribution in [0.25, 0.3) is 0 Å². The zero-order chi connectivity index (χ0) is 13.9. The van der Waals surface area contributed by atoms with Gasteiger partial charge < -0.3 is 0 Å². The summed E-state index contributed by atoms with van der Waals surface area (Å²) < 4.78 is 27.1. The molecule has 106 valence electrons. The van der Waals surface area contributed by atoms with Crippen LogP contribution < -0.4 is 4.72 Å². The van der Waals surface area contributed by atoms with Gasteiger partial charge in [-0.1, -0.05) is 46.5 Å². The molecule has 1 saturated carbocycles. The molecule has 0 aromatic heterocycles. The van der Waals surface area contributed by atoms with Crippen molar-refractivity contribution in [2.75, 3.05) is 6.54 Å². The molecule has 1 N–H and O–H groups in total. The average molecular weight is 346 g/mol. The second kappa shape index (κ2) is 6.37. The predicted molar refractivity (Wildman–Crippen MR) is 81.0 cm³/mol. The van der Waals surface area contributed by atoms with E-state index in [-0.39, 0.29) is 0 Å². The van der Waals surface area contributed by atoms with Crippen LogP contribution in [0.3, 0.4) is 0 Å². The summed E-state index contributed by atoms with van der Waals surface area (Å²) in [6.45, 7) is 2.47. The highest BCUT2D eigenvalue weighted by Gasteiger charge is 2.24. The van der Waals surface area contributed by atoms with Gasteiger partial charge in [-0.2, -0.15) is 0 Å². The fraction of sp³-hybridized carbons (Fsp3) is 0.571. The van der Waals surface area contributed by atoms with Gasteiger partial charge >= 0.3 is 0 Å². The zero-order valence-corrected chi connectivity index (χ0v) is 13.5. The molecule has 0 spiro atoms. The van der Waals surface area contributed by atoms with Gasteiger partial charge in [0.05, 0.1) is 4.90 Å². The number of alkyl halides is 1. The van der Waals surface area contributed by atoms with Crippen LogP contribution in [0, 0.1) is 12.8 Å². The molecule has 2 atom stereocenters. The predicted octanol–water partition coefficient (Wildman–Crippen LogP) is 3.23. The molecule has 1 aliphatic rings. The lowest BCUT2D eigenvalue weighted by Gasteiger charge is -2.27. The van der Waals surface area contributed by atoms with E-state index in [4.69, 9.17) is 0 Å². The van der Waals surface area contributed by atoms with Crippen molar-refractivity contribution >= 4 is 26.0 Å². The van der Waals surface area contributed by atoms with Crippen molar-refractivity contribution in [2.45, 2.75) is 42.3 Å². The van der Waals surface area contributed by atoms with E-state index in [1.165, 1.54) is 12.8 Å². The Bertz CT molecular complexity index is 513. The third-order valence-electron chi connectivity index (χ3n) is 3.68. The van der Waals surface area contributed by atoms with E-state index < -0.39 is 10.0 Å². The number of sulfonamides is 1. The van der Waals surface area contributed by atoms with Gasteiger partial charge in [0.2, 0.25) is 10.0 Å². The first kappa shape index (κ1) is 15.0. The van der Waals surface area contributed by atoms with Gasteiger partial charge in [0.25, 0.3) is 0 Å². The number of hydrogen-bond acceptors (Lipinski definition) is 2. The maximum absolute atomic E-state index is 12.2. The largest absolute Gasteiger partial charge is 0.240 e. The Morgan fingerprint density at radius 2 is 1.84 bits per heavy atom. The van der Waals surface area contributed by atoms with E-state index >= 15 is 0 Å². The lowest BCUT2D eigenvalue weighted by molar-refractivity contribution is 0.373. The number of aryl methyl sites for hydroxylation is 1. The smallest absolute Gasteiger partial charge is 0.211 e. The van der Waals surface area contributed by atoms with E-state index in [0.29, 0.717) is 22.2 Å². The Kier molecular flexibility index (Phi) is 5.03. The molecule has 1 aromatic rings. The molecular weight excluding hydrogens is 326 g/mol. The maximum Gasteiger partial charge on any atom is 0.240 e. The van der Waals surface area contributed by atoms with Crippen LogP contribution in [0.15, 0.2) is 29.2 Å². The number of benzene rings is 1. The molecule has 19 heavy (non-hydrogen) atoms. The molecule has 5 heteroatoms. The lowest BCUT2D eigenvalue weighted by atomic mass is 9.89. The molecule has 0 saturated heterocycles. The Morgan fingerprint density at radius 1 is 1.21 bits per heavy atom. The van der Waals surface area contributed by atoms with E-state index in [1.807, 2.05) is 19.1 Å². The highest BCUT2D eigenvalue weighted by Crippen LogP contribution is 2.29. The molecular formula is C14H20BrNO2S. The van der Waals surface area contributed by atoms with Crippen LogP contribution in [0.5, 0.6) is 0 Å². The highest BCUT2D eigenvalue weighted by molar-refractivity contribution is 9.09. The summed E-state index contributed by atoms with van der Waals surface area (Å²) in [4.78, 5) is 0.780. The van der Waals surface area contributed by atoms with Gasteiger partial charge in [-0.05, 0) is 37.8 Å². The van der Waals surface area contributed by atoms with Gasteiger partial charge in [0.1, 0.15) is 0 Å². The standard InChI is InChI=1S/C14H20BrNO2S/c1-11-6-8-13(9-7-11)19(17,18)16-10-12-4-2-3-5-14(12)15/h6-9,12,14,16H,2-5,10H2,1H3. The molecule has 1 aliphatic carbocycles. The van der Waals surface area contributed by atoms with Crippen molar-refractivity contribution in [1.29, 1.82) is 0 Å². The normalized spacial score (nSPS) is 24.3. The third kappa shape index (κ3) is 4.04. The maximum atomic E-state index is 12.2. The van der Waals surface area contributed by atoms with E-state index in [2.05, 4.69) is 20.7 Å². The van der Waals surface area contributed by atoms with Crippen molar-refractivity contribution in [2.24, 2.45) is 5.92 Å². The number of halogens is 1. The van der Waals surface area contributed by atoms with Crippen LogP contribution in [0.4, 0.5) is 0 Å². The van der Waals surface area contributed by atoms with Crippen LogP contribution in [-0.2, 0) is 10.0 Å². The second-order valence-corrected chi connectivity index (χ2v) is 8.17. The first-order valence-corrected chi connectivity index (χ1v) is 9.09. The molecule has 2 rings (SSSR count). The van der Waals surface area contributed by atoms with Crippen molar-refractivity contribution in [3.8, 4) is 0 Å². The van der Waals surface area contributed by atoms with Gasteiger partial charge in [0.15, 0.2) is 0 Å². The summed E-state index contributed by atoms with van der Waals surface area (Å²) in [6, 6.07) is 6.96. The van der Waals surface area contributed by atoms with E-state index in [9.17, 15) is 8.42 Å². The van der Waals surface area contributed by atoms with Crippen LogP contribution in [-0.4, -0.2) is 19.8 Å². The third-order valence-corrected chi connectivity index (χ3v) is 6.33. The summed E-state index contributed by atoms with van der Waals surface area (Å²) in [5, 5.41) is 0. The summed E-state index contributed by atoms with van der Waals surface area (Å²) in [7, 11) is -3.37. The fourth-order valence-corrected chi connectivity index (χ4v) is 4.28. The van der Waals surface area contributed by atoms with Gasteiger partial charge in [-0.25, -0.2) is 13.1 Å². The fourth-order valence-electron chi connectivity index (χ4n) is 2.41. The molecule has 0 bridgehead atoms. The zero-order valence-electron chi connectivity index (χ0n) is 11.1. The van der Waals surface area contributed by atoms with Crippen molar-refractivity contribution in [3.05, 3.63) is 29.8 Å². The monoisotopic (exact) mass is 345 g/mol. The summed E-state index contributed by atoms with van der Waals surface area (Å²) in [5.41, 5.74) is 1.06. The number of nitrogens with one attached hydrogen (secondary N) is 1. The van der Waals surface area contributed by atoms with E-state index in [0.717, 1.165) is 18.4 Å². The van der Waals surface area contributed by atoms with Crippen LogP contribution in [0.1, 0.15) is 31.2 Å². The minimum absolute atomic E-state index is 0.347. The van der Waals surface area contributed by atoms with Crippen molar-refractivity contribution < 1.29 is 8.42 Å². The first-order chi connectivity index (χ1) is 8.99. The quantitative estimate of drug-likeness (QED) is 0.851. The summed E-state index contributed by atoms with van der Waals surface area (Å²) in [6.07, 6.45) is 4.65. The first-order valence-electron chi connectivity index (χ1n) is 6.69. The Hall–Kier alpha value is -0.390. The van der Waals surface area contributed by atoms with E-state index in [1.54, 1.807) is 12.1 Å². The minimum Gasteiger partial charge on any atom is -0.211 e. The molecule has 0 heterocycles. The van der Waals surface area contributed by atoms with Crippen LogP contribution in [0.2, 0.25) is 0 Å². The molecule has 1 aromatic carbocycles. The summed E-state index contributed by atoms with van der Waals surface area (Å²) in [5.74, 6) is 0.397. The van der Waals surface area contributed by atoms with Gasteiger partial charge in [0, 0.05) is 11.4 Å². The Labute approximate surface area is 124 Å². The minimum atomic E-state index is -3.37. The molecule has 0 amide bonds. The molecule has 2 unspecified atom stereocenters. The van der Waals surface area contributed by atoms with Gasteiger partial charge in [-0.15, -0.1) is 0 Å². The number of hydrogen-bond donors (Lipinski definition) is 1. The Balaban J connectivity index is 1.99. The molecule has 3 nitrogen and oxygen atoms in total. The lowest BCUT2D eigenvalue weighted by Crippen LogP contribution is -2.34. The second-order valence-electron chi connectivity index (χ2n) is 5.23. The SMILES string of the molecule is Cc1ccc(S(=O)(=O)NCC2CCCCC2Br)cc1. The van der Waals surface area contributed by atoms with Crippen molar-refractivity contribution in [3.63, 3.8) is 0 Å². The summed E-state index contributed by atoms with van der Waals surface area (Å²) >= 11 is 3.65. The topological polar surface area (TPSA) is 46.2 Å². The number of rotatable bonds is 4. The Morgan fingerprint density at radius 3 is 2.47 bits per heavy atom. The molecule has 1 fully saturated rings. The molecule has 0 aliphatic heterocycles. The molecule has 0 radical (unpaired) electrons. The average Bonchev–Trinajstić information content (AvgIpc) is 2.38. The van der Waals surface area contributed by atoms with Crippen LogP contribution >= 0.6 is 15.9 Å². The van der Waals surface area contributed by atoms with Gasteiger partial charge in [-0.3, -0.25) is 0 Å². The highest BCUT2D eigenvalue weighted by atomic mass is 79.9. The van der Waals surface area contributed by atoms with Crippen molar-refractivity contribution in [1.82, 2.24) is 4.72 Å².